The average molecular weight is 476 g/mol. The summed E-state index contributed by atoms with van der Waals surface area (Å²) in [4.78, 5) is 29.4. The molecule has 6 atom stereocenters. The van der Waals surface area contributed by atoms with Crippen LogP contribution < -0.4 is 0 Å². The molecule has 34 heavy (non-hydrogen) atoms. The fourth-order valence-corrected chi connectivity index (χ4v) is 5.71. The maximum absolute atomic E-state index is 12.9. The first-order valence-corrected chi connectivity index (χ1v) is 11.9. The van der Waals surface area contributed by atoms with Crippen molar-refractivity contribution in [3.05, 3.63) is 29.9 Å². The number of carboxylic acid groups (broad SMARTS) is 1. The molecule has 1 spiro atoms. The number of hydrogen-bond donors (Lipinski definition) is 1. The highest BCUT2D eigenvalue weighted by Crippen LogP contribution is 2.59. The lowest BCUT2D eigenvalue weighted by Crippen LogP contribution is -2.57. The number of rotatable bonds is 7. The predicted molar refractivity (Wildman–Crippen MR) is 120 cm³/mol. The fraction of sp³-hybridized carbons (Fsp3) is 0.708. The van der Waals surface area contributed by atoms with Gasteiger partial charge in [-0.3, -0.25) is 0 Å². The van der Waals surface area contributed by atoms with E-state index in [1.807, 2.05) is 0 Å². The molecule has 186 valence electrons. The van der Waals surface area contributed by atoms with E-state index in [0.717, 1.165) is 12.8 Å². The molecule has 0 radical (unpaired) electrons. The van der Waals surface area contributed by atoms with Crippen LogP contribution in [0.1, 0.15) is 56.6 Å². The zero-order valence-electron chi connectivity index (χ0n) is 20.1. The number of imidazole rings is 1. The Bertz CT molecular complexity index is 992. The Balaban J connectivity index is 1.22. The summed E-state index contributed by atoms with van der Waals surface area (Å²) in [6.07, 6.45) is 6.52. The smallest absolute Gasteiger partial charge is 0.410 e. The van der Waals surface area contributed by atoms with Crippen molar-refractivity contribution in [1.82, 2.24) is 14.5 Å². The number of aromatic nitrogens is 2. The van der Waals surface area contributed by atoms with Crippen LogP contribution in [0.2, 0.25) is 0 Å². The van der Waals surface area contributed by atoms with Crippen molar-refractivity contribution in [2.75, 3.05) is 26.8 Å². The minimum atomic E-state index is -1.07. The monoisotopic (exact) mass is 475 g/mol. The summed E-state index contributed by atoms with van der Waals surface area (Å²) in [5.74, 6) is -1.09. The third-order valence-corrected chi connectivity index (χ3v) is 7.85. The molecule has 1 N–H and O–H groups in total. The Morgan fingerprint density at radius 2 is 2.09 bits per heavy atom. The second-order valence-corrected chi connectivity index (χ2v) is 10.4. The van der Waals surface area contributed by atoms with Gasteiger partial charge in [0.05, 0.1) is 31.0 Å². The Kier molecular flexibility index (Phi) is 5.73. The summed E-state index contributed by atoms with van der Waals surface area (Å²) in [5, 5.41) is 9.04. The third-order valence-electron chi connectivity index (χ3n) is 7.85. The summed E-state index contributed by atoms with van der Waals surface area (Å²) in [6, 6.07) is -0.0109. The van der Waals surface area contributed by atoms with Gasteiger partial charge in [-0.25, -0.2) is 14.6 Å². The Morgan fingerprint density at radius 1 is 1.35 bits per heavy atom. The molecule has 3 saturated heterocycles. The van der Waals surface area contributed by atoms with E-state index in [9.17, 15) is 9.59 Å². The largest absolute Gasteiger partial charge is 0.476 e. The maximum atomic E-state index is 12.9. The van der Waals surface area contributed by atoms with Gasteiger partial charge in [0.2, 0.25) is 0 Å². The number of ether oxygens (including phenoxy) is 4. The fourth-order valence-electron chi connectivity index (χ4n) is 5.71. The molecule has 0 aromatic carbocycles. The van der Waals surface area contributed by atoms with Gasteiger partial charge in [0, 0.05) is 26.4 Å². The van der Waals surface area contributed by atoms with E-state index in [1.54, 1.807) is 16.6 Å². The first-order chi connectivity index (χ1) is 16.2. The number of carbonyl (C=O) groups excluding carboxylic acids is 1. The van der Waals surface area contributed by atoms with Gasteiger partial charge < -0.3 is 33.5 Å². The summed E-state index contributed by atoms with van der Waals surface area (Å²) >= 11 is 0. The number of epoxide rings is 2. The van der Waals surface area contributed by atoms with Gasteiger partial charge in [0.25, 0.3) is 0 Å². The number of methoxy groups -OCH3 is 1. The van der Waals surface area contributed by atoms with Gasteiger partial charge in [-0.2, -0.15) is 0 Å². The summed E-state index contributed by atoms with van der Waals surface area (Å²) < 4.78 is 25.8. The van der Waals surface area contributed by atoms with E-state index < -0.39 is 5.97 Å². The second kappa shape index (κ2) is 8.35. The van der Waals surface area contributed by atoms with Crippen LogP contribution in [0.5, 0.6) is 0 Å². The van der Waals surface area contributed by atoms with E-state index in [2.05, 4.69) is 31.8 Å². The molecular weight excluding hydrogens is 442 g/mol. The minimum Gasteiger partial charge on any atom is -0.476 e. The van der Waals surface area contributed by atoms with Gasteiger partial charge in [-0.05, 0) is 40.0 Å². The van der Waals surface area contributed by atoms with Crippen LogP contribution >= 0.6 is 0 Å². The maximum Gasteiger partial charge on any atom is 0.410 e. The van der Waals surface area contributed by atoms with Gasteiger partial charge in [-0.1, -0.05) is 11.6 Å². The number of amides is 1. The topological polar surface area (TPSA) is 119 Å². The molecule has 5 rings (SSSR count). The number of hydrogen-bond acceptors (Lipinski definition) is 7. The summed E-state index contributed by atoms with van der Waals surface area (Å²) in [7, 11) is 1.66. The number of nitrogens with zero attached hydrogens (tertiary/aromatic N) is 3. The van der Waals surface area contributed by atoms with Gasteiger partial charge in [0.15, 0.2) is 5.69 Å². The van der Waals surface area contributed by atoms with E-state index in [0.29, 0.717) is 26.1 Å². The van der Waals surface area contributed by atoms with E-state index in [1.165, 1.54) is 18.1 Å². The Labute approximate surface area is 198 Å². The Morgan fingerprint density at radius 3 is 2.68 bits per heavy atom. The van der Waals surface area contributed by atoms with E-state index in [-0.39, 0.29) is 53.3 Å². The molecular formula is C24H33N3O7. The molecule has 1 aromatic rings. The zero-order valence-corrected chi connectivity index (χ0v) is 20.1. The number of carbonyl (C=O) groups is 2. The molecule has 0 bridgehead atoms. The van der Waals surface area contributed by atoms with Crippen molar-refractivity contribution >= 4 is 12.1 Å². The molecule has 4 heterocycles. The minimum absolute atomic E-state index is 0.00730. The molecule has 1 aliphatic carbocycles. The van der Waals surface area contributed by atoms with Crippen LogP contribution in [-0.4, -0.2) is 87.9 Å². The molecule has 1 amide bonds. The highest BCUT2D eigenvalue weighted by atomic mass is 16.6. The van der Waals surface area contributed by atoms with Crippen LogP contribution in [-0.2, 0) is 18.9 Å². The molecule has 10 heteroatoms. The predicted octanol–water partition coefficient (Wildman–Crippen LogP) is 2.65. The standard InChI is InChI=1S/C24H33N3O7/c1-14(2)5-6-18-23(3,34-18)20-19(31-4)17(7-8-24(20)12-32-24)33-22(30)26-9-15(10-26)27-11-16(21(28)29)25-13-27/h5,11,13,15,17-20H,6-10,12H2,1-4H3,(H,28,29)/t17-,18-,19-,20-,23+,24+/m1/s1. The zero-order chi connectivity index (χ0) is 24.3. The second-order valence-electron chi connectivity index (χ2n) is 10.4. The number of likely N-dealkylation sites (tertiary alicyclic amines) is 1. The average Bonchev–Trinajstić information content (AvgIpc) is 3.60. The van der Waals surface area contributed by atoms with Gasteiger partial charge >= 0.3 is 12.1 Å². The van der Waals surface area contributed by atoms with Crippen molar-refractivity contribution in [2.24, 2.45) is 5.92 Å². The van der Waals surface area contributed by atoms with Crippen LogP contribution in [0.4, 0.5) is 4.79 Å². The number of allylic oxidation sites excluding steroid dienone is 1. The van der Waals surface area contributed by atoms with Crippen molar-refractivity contribution in [1.29, 1.82) is 0 Å². The molecule has 4 aliphatic rings. The van der Waals surface area contributed by atoms with Crippen LogP contribution in [0, 0.1) is 5.92 Å². The quantitative estimate of drug-likeness (QED) is 0.472. The van der Waals surface area contributed by atoms with Gasteiger partial charge in [-0.15, -0.1) is 0 Å². The molecule has 10 nitrogen and oxygen atoms in total. The molecule has 4 fully saturated rings. The van der Waals surface area contributed by atoms with Crippen LogP contribution in [0.15, 0.2) is 24.2 Å². The van der Waals surface area contributed by atoms with Crippen molar-refractivity contribution < 1.29 is 33.6 Å². The first-order valence-electron chi connectivity index (χ1n) is 11.9. The summed E-state index contributed by atoms with van der Waals surface area (Å²) in [5.41, 5.74) is 0.617. The highest BCUT2D eigenvalue weighted by molar-refractivity contribution is 5.84. The van der Waals surface area contributed by atoms with Gasteiger partial charge in [0.1, 0.15) is 23.4 Å². The van der Waals surface area contributed by atoms with Crippen molar-refractivity contribution in [3.63, 3.8) is 0 Å². The molecule has 3 aliphatic heterocycles. The molecule has 1 saturated carbocycles. The van der Waals surface area contributed by atoms with E-state index >= 15 is 0 Å². The lowest BCUT2D eigenvalue weighted by Gasteiger charge is -2.44. The third kappa shape index (κ3) is 4.01. The molecule has 0 unspecified atom stereocenters. The van der Waals surface area contributed by atoms with E-state index in [4.69, 9.17) is 24.1 Å². The lowest BCUT2D eigenvalue weighted by atomic mass is 9.68. The van der Waals surface area contributed by atoms with Crippen LogP contribution in [0.3, 0.4) is 0 Å². The summed E-state index contributed by atoms with van der Waals surface area (Å²) in [6.45, 7) is 7.86. The van der Waals surface area contributed by atoms with Crippen molar-refractivity contribution in [3.8, 4) is 0 Å². The Hall–Kier alpha value is -2.43. The van der Waals surface area contributed by atoms with Crippen LogP contribution in [0.25, 0.3) is 0 Å². The number of carboxylic acids is 1. The highest BCUT2D eigenvalue weighted by Gasteiger charge is 2.72. The first kappa shape index (κ1) is 23.3. The normalized spacial score (nSPS) is 36.6. The number of aromatic carboxylic acids is 1. The molecule has 1 aromatic heterocycles. The van der Waals surface area contributed by atoms with Crippen molar-refractivity contribution in [2.45, 2.75) is 75.6 Å². The lowest BCUT2D eigenvalue weighted by molar-refractivity contribution is -0.124. The SMILES string of the molecule is CO[C@@H]1[C@H](OC(=O)N2CC(n3cnc(C(=O)O)c3)C2)CC[C@]2(CO2)[C@H]1[C@@]1(C)O[C@@H]1CC=C(C)C.